The van der Waals surface area contributed by atoms with Gasteiger partial charge in [-0.2, -0.15) is 5.26 Å². The molecule has 2 aromatic rings. The largest absolute Gasteiger partial charge is 0.489 e. The van der Waals surface area contributed by atoms with Crippen molar-refractivity contribution >= 4 is 5.78 Å². The molecular weight excluding hydrogens is 262 g/mol. The Morgan fingerprint density at radius 3 is 2.86 bits per heavy atom. The topological polar surface area (TPSA) is 50.1 Å². The van der Waals surface area contributed by atoms with Crippen LogP contribution in [-0.4, -0.2) is 5.78 Å². The lowest BCUT2D eigenvalue weighted by molar-refractivity contribution is 0.0972. The van der Waals surface area contributed by atoms with Crippen LogP contribution in [0.15, 0.2) is 42.5 Å². The quantitative estimate of drug-likeness (QED) is 0.860. The van der Waals surface area contributed by atoms with Gasteiger partial charge in [-0.25, -0.2) is 0 Å². The number of carbonyl (C=O) groups excluding carboxylic acids is 1. The van der Waals surface area contributed by atoms with Gasteiger partial charge in [-0.15, -0.1) is 0 Å². The molecule has 0 aromatic heterocycles. The fraction of sp³-hybridized carbons (Fsp3) is 0.222. The Morgan fingerprint density at radius 2 is 2.00 bits per heavy atom. The highest BCUT2D eigenvalue weighted by molar-refractivity contribution is 5.98. The van der Waals surface area contributed by atoms with Crippen molar-refractivity contribution < 1.29 is 9.53 Å². The summed E-state index contributed by atoms with van der Waals surface area (Å²) in [5.74, 6) is 0.966. The predicted molar refractivity (Wildman–Crippen MR) is 79.2 cm³/mol. The summed E-state index contributed by atoms with van der Waals surface area (Å²) in [4.78, 5) is 11.8. The molecule has 0 N–H and O–H groups in total. The van der Waals surface area contributed by atoms with E-state index in [9.17, 15) is 4.79 Å². The number of ether oxygens (including phenoxy) is 1. The van der Waals surface area contributed by atoms with E-state index in [1.165, 1.54) is 0 Å². The molecule has 0 aliphatic heterocycles. The van der Waals surface area contributed by atoms with Crippen molar-refractivity contribution in [3.05, 3.63) is 64.7 Å². The van der Waals surface area contributed by atoms with E-state index in [0.29, 0.717) is 18.6 Å². The second-order valence-corrected chi connectivity index (χ2v) is 5.15. The Hall–Kier alpha value is -2.60. The zero-order valence-electron chi connectivity index (χ0n) is 11.6. The first-order valence-corrected chi connectivity index (χ1v) is 7.05. The van der Waals surface area contributed by atoms with Gasteiger partial charge in [0.15, 0.2) is 5.78 Å². The van der Waals surface area contributed by atoms with Crippen LogP contribution in [0.2, 0.25) is 0 Å². The summed E-state index contributed by atoms with van der Waals surface area (Å²) in [5, 5.41) is 9.06. The Labute approximate surface area is 123 Å². The number of benzene rings is 2. The first-order valence-electron chi connectivity index (χ1n) is 7.05. The second-order valence-electron chi connectivity index (χ2n) is 5.15. The number of rotatable bonds is 3. The minimum absolute atomic E-state index is 0.220. The van der Waals surface area contributed by atoms with Crippen LogP contribution in [0.5, 0.6) is 5.75 Å². The molecule has 0 atom stereocenters. The van der Waals surface area contributed by atoms with Gasteiger partial charge < -0.3 is 4.74 Å². The van der Waals surface area contributed by atoms with Crippen molar-refractivity contribution in [1.29, 1.82) is 5.26 Å². The molecule has 3 rings (SSSR count). The smallest absolute Gasteiger partial charge is 0.163 e. The van der Waals surface area contributed by atoms with E-state index in [0.717, 1.165) is 35.3 Å². The average Bonchev–Trinajstić information content (AvgIpc) is 2.53. The number of nitrogens with zero attached hydrogens (tertiary/aromatic N) is 1. The van der Waals surface area contributed by atoms with Crippen LogP contribution < -0.4 is 4.74 Å². The highest BCUT2D eigenvalue weighted by atomic mass is 16.5. The maximum atomic E-state index is 11.8. The first kappa shape index (κ1) is 13.4. The molecule has 104 valence electrons. The molecule has 0 bridgehead atoms. The van der Waals surface area contributed by atoms with Crippen molar-refractivity contribution in [3.63, 3.8) is 0 Å². The van der Waals surface area contributed by atoms with Crippen LogP contribution in [0.3, 0.4) is 0 Å². The minimum Gasteiger partial charge on any atom is -0.489 e. The number of carbonyl (C=O) groups is 1. The van der Waals surface area contributed by atoms with Crippen molar-refractivity contribution in [2.75, 3.05) is 0 Å². The summed E-state index contributed by atoms with van der Waals surface area (Å²) < 4.78 is 5.77. The number of ketones is 1. The van der Waals surface area contributed by atoms with Gasteiger partial charge in [-0.1, -0.05) is 18.2 Å². The van der Waals surface area contributed by atoms with Crippen LogP contribution >= 0.6 is 0 Å². The lowest BCUT2D eigenvalue weighted by Crippen LogP contribution is -2.10. The molecule has 0 spiro atoms. The van der Waals surface area contributed by atoms with Crippen LogP contribution in [-0.2, 0) is 13.0 Å². The van der Waals surface area contributed by atoms with E-state index in [4.69, 9.17) is 10.00 Å². The molecule has 21 heavy (non-hydrogen) atoms. The van der Waals surface area contributed by atoms with Gasteiger partial charge >= 0.3 is 0 Å². The lowest BCUT2D eigenvalue weighted by atomic mass is 9.90. The molecule has 0 heterocycles. The predicted octanol–water partition coefficient (Wildman–Crippen LogP) is 3.66. The molecule has 3 heteroatoms. The number of aryl methyl sites for hydroxylation is 1. The molecule has 0 amide bonds. The monoisotopic (exact) mass is 277 g/mol. The first-order chi connectivity index (χ1) is 10.3. The number of fused-ring (bicyclic) bond motifs is 1. The van der Waals surface area contributed by atoms with Crippen molar-refractivity contribution in [1.82, 2.24) is 0 Å². The third kappa shape index (κ3) is 2.80. The van der Waals surface area contributed by atoms with Crippen LogP contribution in [0.25, 0.3) is 0 Å². The second kappa shape index (κ2) is 5.80. The zero-order valence-corrected chi connectivity index (χ0v) is 11.6. The summed E-state index contributed by atoms with van der Waals surface area (Å²) in [7, 11) is 0. The Kier molecular flexibility index (Phi) is 3.70. The van der Waals surface area contributed by atoms with Gasteiger partial charge in [0.25, 0.3) is 0 Å². The number of hydrogen-bond acceptors (Lipinski definition) is 3. The van der Waals surface area contributed by atoms with Gasteiger partial charge in [-0.05, 0) is 42.7 Å². The highest BCUT2D eigenvalue weighted by Gasteiger charge is 2.17. The summed E-state index contributed by atoms with van der Waals surface area (Å²) in [6.07, 6.45) is 2.47. The van der Waals surface area contributed by atoms with E-state index in [1.807, 2.05) is 36.4 Å². The van der Waals surface area contributed by atoms with E-state index in [2.05, 4.69) is 6.07 Å². The SMILES string of the molecule is N#Cc1ccccc1COc1ccc2c(c1)CCCC2=O. The standard InChI is InChI=1S/C18H15NO2/c19-11-14-4-1-2-5-15(14)12-21-16-8-9-17-13(10-16)6-3-7-18(17)20/h1-2,4-5,8-10H,3,6-7,12H2. The van der Waals surface area contributed by atoms with Crippen LogP contribution in [0.4, 0.5) is 0 Å². The van der Waals surface area contributed by atoms with Gasteiger partial charge in [0.05, 0.1) is 11.6 Å². The van der Waals surface area contributed by atoms with Crippen LogP contribution in [0, 0.1) is 11.3 Å². The summed E-state index contributed by atoms with van der Waals surface area (Å²) in [6, 6.07) is 15.2. The fourth-order valence-corrected chi connectivity index (χ4v) is 2.63. The molecule has 0 saturated carbocycles. The lowest BCUT2D eigenvalue weighted by Gasteiger charge is -2.16. The highest BCUT2D eigenvalue weighted by Crippen LogP contribution is 2.26. The molecule has 0 fully saturated rings. The maximum absolute atomic E-state index is 11.8. The van der Waals surface area contributed by atoms with Crippen molar-refractivity contribution in [3.8, 4) is 11.8 Å². The number of nitriles is 1. The molecule has 0 saturated heterocycles. The van der Waals surface area contributed by atoms with Crippen molar-refractivity contribution in [2.45, 2.75) is 25.9 Å². The Balaban J connectivity index is 1.77. The summed E-state index contributed by atoms with van der Waals surface area (Å²) in [6.45, 7) is 0.358. The van der Waals surface area contributed by atoms with E-state index in [-0.39, 0.29) is 5.78 Å². The molecule has 1 aliphatic rings. The molecule has 0 radical (unpaired) electrons. The van der Waals surface area contributed by atoms with E-state index < -0.39 is 0 Å². The molecule has 0 unspecified atom stereocenters. The van der Waals surface area contributed by atoms with Crippen molar-refractivity contribution in [2.24, 2.45) is 0 Å². The summed E-state index contributed by atoms with van der Waals surface area (Å²) >= 11 is 0. The third-order valence-electron chi connectivity index (χ3n) is 3.76. The fourth-order valence-electron chi connectivity index (χ4n) is 2.63. The molecule has 1 aliphatic carbocycles. The Bertz CT molecular complexity index is 728. The number of Topliss-reactive ketones (excluding diaryl/α,β-unsaturated/α-hetero) is 1. The van der Waals surface area contributed by atoms with Gasteiger partial charge in [-0.3, -0.25) is 4.79 Å². The Morgan fingerprint density at radius 1 is 1.14 bits per heavy atom. The van der Waals surface area contributed by atoms with E-state index in [1.54, 1.807) is 6.07 Å². The van der Waals surface area contributed by atoms with Gasteiger partial charge in [0.2, 0.25) is 0 Å². The van der Waals surface area contributed by atoms with Gasteiger partial charge in [0.1, 0.15) is 12.4 Å². The maximum Gasteiger partial charge on any atom is 0.163 e. The minimum atomic E-state index is 0.220. The average molecular weight is 277 g/mol. The van der Waals surface area contributed by atoms with Crippen LogP contribution in [0.1, 0.15) is 39.9 Å². The molecular formula is C18H15NO2. The normalized spacial score (nSPS) is 13.4. The molecule has 2 aromatic carbocycles. The van der Waals surface area contributed by atoms with Gasteiger partial charge in [0, 0.05) is 17.5 Å². The number of hydrogen-bond donors (Lipinski definition) is 0. The third-order valence-corrected chi connectivity index (χ3v) is 3.76. The zero-order chi connectivity index (χ0) is 14.7. The van der Waals surface area contributed by atoms with E-state index >= 15 is 0 Å². The summed E-state index contributed by atoms with van der Waals surface area (Å²) in [5.41, 5.74) is 3.39. The molecule has 3 nitrogen and oxygen atoms in total.